The molecule has 0 saturated carbocycles. The Labute approximate surface area is 165 Å². The van der Waals surface area contributed by atoms with Crippen molar-refractivity contribution < 1.29 is 28.6 Å². The molecule has 0 saturated heterocycles. The van der Waals surface area contributed by atoms with Crippen molar-refractivity contribution in [2.24, 2.45) is 0 Å². The number of benzene rings is 2. The number of methoxy groups -OCH3 is 4. The van der Waals surface area contributed by atoms with Gasteiger partial charge in [0.05, 0.1) is 35.0 Å². The molecule has 1 heterocycles. The van der Waals surface area contributed by atoms with Crippen LogP contribution in [0.5, 0.6) is 23.0 Å². The first-order valence-corrected chi connectivity index (χ1v) is 9.17. The average Bonchev–Trinajstić information content (AvgIpc) is 2.72. The number of rotatable bonds is 7. The highest BCUT2D eigenvalue weighted by Gasteiger charge is 2.24. The van der Waals surface area contributed by atoms with Crippen LogP contribution < -0.4 is 29.2 Å². The normalized spacial score (nSPS) is 15.4. The minimum Gasteiger partial charge on any atom is -0.493 e. The number of anilines is 1. The molecule has 2 aromatic rings. The lowest BCUT2D eigenvalue weighted by atomic mass is 9.99. The number of fused-ring (bicyclic) bond motifs is 1. The first-order valence-electron chi connectivity index (χ1n) is 9.17. The maximum Gasteiger partial charge on any atom is 0.279 e. The molecule has 2 N–H and O–H groups in total. The second-order valence-corrected chi connectivity index (χ2v) is 6.70. The summed E-state index contributed by atoms with van der Waals surface area (Å²) in [4.78, 5) is 13.7. The largest absolute Gasteiger partial charge is 0.493 e. The average molecular weight is 387 g/mol. The molecule has 0 radical (unpaired) electrons. The van der Waals surface area contributed by atoms with Crippen molar-refractivity contribution in [3.05, 3.63) is 41.5 Å². The summed E-state index contributed by atoms with van der Waals surface area (Å²) in [6.45, 7) is 2.05. The van der Waals surface area contributed by atoms with Gasteiger partial charge in [0.2, 0.25) is 0 Å². The molecule has 1 unspecified atom stereocenters. The van der Waals surface area contributed by atoms with Gasteiger partial charge in [0, 0.05) is 23.7 Å². The number of hydrogen-bond donors (Lipinski definition) is 2. The van der Waals surface area contributed by atoms with Gasteiger partial charge >= 0.3 is 0 Å². The maximum atomic E-state index is 12.5. The molecule has 1 amide bonds. The van der Waals surface area contributed by atoms with E-state index in [1.54, 1.807) is 46.6 Å². The van der Waals surface area contributed by atoms with Crippen LogP contribution in [0, 0.1) is 0 Å². The van der Waals surface area contributed by atoms with E-state index in [1.165, 1.54) is 16.0 Å². The number of ether oxygens (including phenoxy) is 4. The van der Waals surface area contributed by atoms with Crippen molar-refractivity contribution >= 4 is 11.6 Å². The van der Waals surface area contributed by atoms with Crippen LogP contribution in [0.15, 0.2) is 30.3 Å². The Bertz CT molecular complexity index is 853. The van der Waals surface area contributed by atoms with Crippen LogP contribution in [-0.2, 0) is 17.8 Å². The lowest BCUT2D eigenvalue weighted by molar-refractivity contribution is -0.907. The van der Waals surface area contributed by atoms with Crippen molar-refractivity contribution in [1.82, 2.24) is 0 Å². The SMILES string of the molecule is COc1ccc(NC(=O)C[NH+]2CCc3cc(OC)c(OC)cc3C2)cc1OC. The Morgan fingerprint density at radius 2 is 1.50 bits per heavy atom. The van der Waals surface area contributed by atoms with Crippen LogP contribution in [0.2, 0.25) is 0 Å². The van der Waals surface area contributed by atoms with Crippen molar-refractivity contribution in [2.45, 2.75) is 13.0 Å². The molecule has 1 atom stereocenters. The maximum absolute atomic E-state index is 12.5. The summed E-state index contributed by atoms with van der Waals surface area (Å²) in [5.74, 6) is 2.64. The van der Waals surface area contributed by atoms with Gasteiger partial charge in [-0.15, -0.1) is 0 Å². The van der Waals surface area contributed by atoms with Gasteiger partial charge in [-0.3, -0.25) is 4.79 Å². The van der Waals surface area contributed by atoms with Gasteiger partial charge < -0.3 is 29.2 Å². The molecule has 28 heavy (non-hydrogen) atoms. The quantitative estimate of drug-likeness (QED) is 0.750. The highest BCUT2D eigenvalue weighted by molar-refractivity contribution is 5.91. The highest BCUT2D eigenvalue weighted by Crippen LogP contribution is 2.31. The van der Waals surface area contributed by atoms with E-state index in [0.717, 1.165) is 31.0 Å². The number of carbonyl (C=O) groups is 1. The summed E-state index contributed by atoms with van der Waals surface area (Å²) in [5, 5.41) is 2.94. The molecule has 7 heteroatoms. The van der Waals surface area contributed by atoms with E-state index >= 15 is 0 Å². The number of quaternary nitrogens is 1. The lowest BCUT2D eigenvalue weighted by Crippen LogP contribution is -3.12. The van der Waals surface area contributed by atoms with Gasteiger partial charge in [0.1, 0.15) is 6.54 Å². The summed E-state index contributed by atoms with van der Waals surface area (Å²) in [5.41, 5.74) is 3.13. The Morgan fingerprint density at radius 3 is 2.14 bits per heavy atom. The topological polar surface area (TPSA) is 70.5 Å². The predicted octanol–water partition coefficient (Wildman–Crippen LogP) is 1.30. The molecule has 2 aromatic carbocycles. The van der Waals surface area contributed by atoms with Gasteiger partial charge in [0.25, 0.3) is 5.91 Å². The zero-order valence-electron chi connectivity index (χ0n) is 16.8. The van der Waals surface area contributed by atoms with Crippen molar-refractivity contribution in [2.75, 3.05) is 46.8 Å². The number of carbonyl (C=O) groups excluding carboxylic acids is 1. The Kier molecular flexibility index (Phi) is 6.26. The zero-order chi connectivity index (χ0) is 20.1. The molecule has 1 aliphatic heterocycles. The molecule has 0 bridgehead atoms. The van der Waals surface area contributed by atoms with Crippen LogP contribution >= 0.6 is 0 Å². The Hall–Kier alpha value is -2.93. The number of nitrogens with one attached hydrogen (secondary N) is 2. The number of hydrogen-bond acceptors (Lipinski definition) is 5. The summed E-state index contributed by atoms with van der Waals surface area (Å²) in [6.07, 6.45) is 0.897. The first kappa shape index (κ1) is 19.8. The van der Waals surface area contributed by atoms with E-state index in [4.69, 9.17) is 18.9 Å². The zero-order valence-corrected chi connectivity index (χ0v) is 16.8. The molecular formula is C21H27N2O5+. The molecule has 0 spiro atoms. The minimum atomic E-state index is -0.0360. The standard InChI is InChI=1S/C21H26N2O5/c1-25-17-6-5-16(11-20(17)28-4)22-21(24)13-23-8-7-14-9-18(26-2)19(27-3)10-15(14)12-23/h5-6,9-11H,7-8,12-13H2,1-4H3,(H,22,24)/p+1. The smallest absolute Gasteiger partial charge is 0.279 e. The summed E-state index contributed by atoms with van der Waals surface area (Å²) in [6, 6.07) is 9.39. The number of amides is 1. The van der Waals surface area contributed by atoms with Gasteiger partial charge in [-0.05, 0) is 29.8 Å². The van der Waals surface area contributed by atoms with Gasteiger partial charge in [-0.1, -0.05) is 0 Å². The third-order valence-corrected chi connectivity index (χ3v) is 4.97. The molecule has 0 aromatic heterocycles. The first-order chi connectivity index (χ1) is 13.6. The third kappa shape index (κ3) is 4.31. The van der Waals surface area contributed by atoms with Gasteiger partial charge in [-0.25, -0.2) is 0 Å². The minimum absolute atomic E-state index is 0.0360. The van der Waals surface area contributed by atoms with Crippen molar-refractivity contribution in [1.29, 1.82) is 0 Å². The fourth-order valence-electron chi connectivity index (χ4n) is 3.53. The summed E-state index contributed by atoms with van der Waals surface area (Å²) >= 11 is 0. The van der Waals surface area contributed by atoms with E-state index in [9.17, 15) is 4.79 Å². The fraction of sp³-hybridized carbons (Fsp3) is 0.381. The third-order valence-electron chi connectivity index (χ3n) is 4.97. The van der Waals surface area contributed by atoms with E-state index < -0.39 is 0 Å². The molecule has 150 valence electrons. The van der Waals surface area contributed by atoms with E-state index in [0.29, 0.717) is 23.7 Å². The van der Waals surface area contributed by atoms with E-state index in [2.05, 4.69) is 5.32 Å². The van der Waals surface area contributed by atoms with Crippen LogP contribution in [0.4, 0.5) is 5.69 Å². The van der Waals surface area contributed by atoms with Crippen LogP contribution in [0.3, 0.4) is 0 Å². The van der Waals surface area contributed by atoms with E-state index in [-0.39, 0.29) is 5.91 Å². The van der Waals surface area contributed by atoms with Crippen LogP contribution in [-0.4, -0.2) is 47.4 Å². The van der Waals surface area contributed by atoms with Crippen LogP contribution in [0.25, 0.3) is 0 Å². The van der Waals surface area contributed by atoms with Gasteiger partial charge in [-0.2, -0.15) is 0 Å². The molecular weight excluding hydrogens is 360 g/mol. The molecule has 0 fully saturated rings. The fourth-order valence-corrected chi connectivity index (χ4v) is 3.53. The van der Waals surface area contributed by atoms with Crippen molar-refractivity contribution in [3.8, 4) is 23.0 Å². The Morgan fingerprint density at radius 1 is 0.893 bits per heavy atom. The molecule has 3 rings (SSSR count). The second-order valence-electron chi connectivity index (χ2n) is 6.70. The van der Waals surface area contributed by atoms with E-state index in [1.807, 2.05) is 12.1 Å². The summed E-state index contributed by atoms with van der Waals surface area (Å²) < 4.78 is 21.3. The molecule has 0 aliphatic carbocycles. The lowest BCUT2D eigenvalue weighted by Gasteiger charge is -2.26. The highest BCUT2D eigenvalue weighted by atomic mass is 16.5. The molecule has 7 nitrogen and oxygen atoms in total. The Balaban J connectivity index is 1.64. The van der Waals surface area contributed by atoms with Gasteiger partial charge in [0.15, 0.2) is 29.5 Å². The van der Waals surface area contributed by atoms with Crippen LogP contribution in [0.1, 0.15) is 11.1 Å². The monoisotopic (exact) mass is 387 g/mol. The van der Waals surface area contributed by atoms with Crippen molar-refractivity contribution in [3.63, 3.8) is 0 Å². The molecule has 1 aliphatic rings. The second kappa shape index (κ2) is 8.84. The summed E-state index contributed by atoms with van der Waals surface area (Å²) in [7, 11) is 6.43. The predicted molar refractivity (Wildman–Crippen MR) is 106 cm³/mol.